The highest BCUT2D eigenvalue weighted by atomic mass is 79.9. The molecular weight excluding hydrogens is 338 g/mol. The summed E-state index contributed by atoms with van der Waals surface area (Å²) >= 11 is 9.24. The van der Waals surface area contributed by atoms with Crippen LogP contribution in [0, 0.1) is 11.3 Å². The highest BCUT2D eigenvalue weighted by molar-refractivity contribution is 9.10. The lowest BCUT2D eigenvalue weighted by molar-refractivity contribution is 0.0960. The third-order valence-electron chi connectivity index (χ3n) is 3.01. The highest BCUT2D eigenvalue weighted by Gasteiger charge is 2.23. The highest BCUT2D eigenvalue weighted by Crippen LogP contribution is 2.29. The van der Waals surface area contributed by atoms with Crippen molar-refractivity contribution in [3.05, 3.63) is 69.2 Å². The third kappa shape index (κ3) is 3.27. The first-order chi connectivity index (χ1) is 9.63. The predicted octanol–water partition coefficient (Wildman–Crippen LogP) is 4.98. The number of hydrogen-bond donors (Lipinski definition) is 0. The van der Waals surface area contributed by atoms with Crippen LogP contribution >= 0.6 is 27.5 Å². The van der Waals surface area contributed by atoms with Crippen molar-refractivity contribution in [2.75, 3.05) is 0 Å². The molecule has 0 fully saturated rings. The quantitative estimate of drug-likeness (QED) is 0.731. The van der Waals surface area contributed by atoms with E-state index < -0.39 is 5.92 Å². The number of benzene rings is 2. The summed E-state index contributed by atoms with van der Waals surface area (Å²) < 4.78 is 0.647. The molecule has 0 bridgehead atoms. The standard InChI is InChI=1S/C16H11BrClNO/c17-15-10-12(18)6-7-14(15)16(20)13(8-9-19)11-4-2-1-3-5-11/h1-7,10,13H,8H2. The molecule has 4 heteroatoms. The summed E-state index contributed by atoms with van der Waals surface area (Å²) in [7, 11) is 0. The Hall–Kier alpha value is -1.63. The largest absolute Gasteiger partial charge is 0.293 e. The molecule has 0 spiro atoms. The number of halogens is 2. The van der Waals surface area contributed by atoms with Crippen molar-refractivity contribution >= 4 is 33.3 Å². The molecule has 0 N–H and O–H groups in total. The molecule has 1 unspecified atom stereocenters. The average Bonchev–Trinajstić information content (AvgIpc) is 2.45. The molecular formula is C16H11BrClNO. The molecule has 1 atom stereocenters. The van der Waals surface area contributed by atoms with Crippen molar-refractivity contribution in [3.8, 4) is 6.07 Å². The van der Waals surface area contributed by atoms with Crippen molar-refractivity contribution in [3.63, 3.8) is 0 Å². The Morgan fingerprint density at radius 3 is 2.55 bits per heavy atom. The summed E-state index contributed by atoms with van der Waals surface area (Å²) in [5.41, 5.74) is 1.39. The first kappa shape index (κ1) is 14.8. The number of ketones is 1. The van der Waals surface area contributed by atoms with Crippen LogP contribution in [0.2, 0.25) is 5.02 Å². The van der Waals surface area contributed by atoms with E-state index in [1.165, 1.54) is 0 Å². The lowest BCUT2D eigenvalue weighted by atomic mass is 9.88. The van der Waals surface area contributed by atoms with E-state index in [4.69, 9.17) is 16.9 Å². The molecule has 0 aliphatic heterocycles. The van der Waals surface area contributed by atoms with Gasteiger partial charge in [-0.25, -0.2) is 0 Å². The Kier molecular flexibility index (Phi) is 4.94. The lowest BCUT2D eigenvalue weighted by Gasteiger charge is -2.14. The van der Waals surface area contributed by atoms with E-state index in [0.29, 0.717) is 15.1 Å². The van der Waals surface area contributed by atoms with Crippen molar-refractivity contribution in [1.82, 2.24) is 0 Å². The van der Waals surface area contributed by atoms with E-state index in [0.717, 1.165) is 5.56 Å². The van der Waals surface area contributed by atoms with E-state index >= 15 is 0 Å². The number of nitrogens with zero attached hydrogens (tertiary/aromatic N) is 1. The number of carbonyl (C=O) groups excluding carboxylic acids is 1. The van der Waals surface area contributed by atoms with Crippen LogP contribution in [0.15, 0.2) is 53.0 Å². The van der Waals surface area contributed by atoms with Gasteiger partial charge in [-0.15, -0.1) is 0 Å². The molecule has 2 rings (SSSR count). The second kappa shape index (κ2) is 6.69. The van der Waals surface area contributed by atoms with Gasteiger partial charge in [0.05, 0.1) is 12.0 Å². The zero-order valence-electron chi connectivity index (χ0n) is 10.5. The van der Waals surface area contributed by atoms with E-state index in [2.05, 4.69) is 22.0 Å². The number of nitriles is 1. The second-order valence-electron chi connectivity index (χ2n) is 4.31. The molecule has 0 saturated heterocycles. The van der Waals surface area contributed by atoms with E-state index in [1.54, 1.807) is 18.2 Å². The molecule has 20 heavy (non-hydrogen) atoms. The zero-order valence-corrected chi connectivity index (χ0v) is 12.9. The number of hydrogen-bond acceptors (Lipinski definition) is 2. The Morgan fingerprint density at radius 2 is 1.95 bits per heavy atom. The van der Waals surface area contributed by atoms with Gasteiger partial charge in [-0.3, -0.25) is 4.79 Å². The number of rotatable bonds is 4. The molecule has 0 aromatic heterocycles. The zero-order chi connectivity index (χ0) is 14.5. The van der Waals surface area contributed by atoms with Crippen LogP contribution in [-0.4, -0.2) is 5.78 Å². The number of Topliss-reactive ketones (excluding diaryl/α,β-unsaturated/α-hetero) is 1. The molecule has 0 aliphatic carbocycles. The summed E-state index contributed by atoms with van der Waals surface area (Å²) in [5, 5.41) is 9.53. The molecule has 2 aromatic rings. The van der Waals surface area contributed by atoms with Crippen molar-refractivity contribution in [1.29, 1.82) is 5.26 Å². The monoisotopic (exact) mass is 347 g/mol. The minimum atomic E-state index is -0.460. The summed E-state index contributed by atoms with van der Waals surface area (Å²) in [6.45, 7) is 0. The van der Waals surface area contributed by atoms with Gasteiger partial charge in [-0.2, -0.15) is 5.26 Å². The maximum absolute atomic E-state index is 12.6. The van der Waals surface area contributed by atoms with Gasteiger partial charge >= 0.3 is 0 Å². The fourth-order valence-corrected chi connectivity index (χ4v) is 2.89. The van der Waals surface area contributed by atoms with Crippen LogP contribution < -0.4 is 0 Å². The van der Waals surface area contributed by atoms with Crippen LogP contribution in [0.3, 0.4) is 0 Å². The van der Waals surface area contributed by atoms with Crippen LogP contribution in [0.5, 0.6) is 0 Å². The fraction of sp³-hybridized carbons (Fsp3) is 0.125. The fourth-order valence-electron chi connectivity index (χ4n) is 2.02. The summed E-state index contributed by atoms with van der Waals surface area (Å²) in [5.74, 6) is -0.542. The van der Waals surface area contributed by atoms with Gasteiger partial charge in [0.15, 0.2) is 5.78 Å². The van der Waals surface area contributed by atoms with Gasteiger partial charge in [0.1, 0.15) is 0 Å². The SMILES string of the molecule is N#CCC(C(=O)c1ccc(Cl)cc1Br)c1ccccc1. The van der Waals surface area contributed by atoms with Crippen molar-refractivity contribution in [2.24, 2.45) is 0 Å². The van der Waals surface area contributed by atoms with Crippen molar-refractivity contribution in [2.45, 2.75) is 12.3 Å². The maximum Gasteiger partial charge on any atom is 0.172 e. The Bertz CT molecular complexity index is 664. The van der Waals surface area contributed by atoms with E-state index in [1.807, 2.05) is 30.3 Å². The molecule has 100 valence electrons. The van der Waals surface area contributed by atoms with Crippen molar-refractivity contribution < 1.29 is 4.79 Å². The topological polar surface area (TPSA) is 40.9 Å². The molecule has 0 amide bonds. The van der Waals surface area contributed by atoms with Gasteiger partial charge in [0.25, 0.3) is 0 Å². The first-order valence-electron chi connectivity index (χ1n) is 6.04. The summed E-state index contributed by atoms with van der Waals surface area (Å²) in [6, 6.07) is 16.5. The molecule has 0 saturated carbocycles. The number of carbonyl (C=O) groups is 1. The lowest BCUT2D eigenvalue weighted by Crippen LogP contribution is -2.13. The first-order valence-corrected chi connectivity index (χ1v) is 7.21. The van der Waals surface area contributed by atoms with Gasteiger partial charge in [-0.1, -0.05) is 41.9 Å². The minimum Gasteiger partial charge on any atom is -0.293 e. The average molecular weight is 349 g/mol. The van der Waals surface area contributed by atoms with Gasteiger partial charge in [0, 0.05) is 21.5 Å². The van der Waals surface area contributed by atoms with E-state index in [9.17, 15) is 4.79 Å². The Labute approximate surface area is 131 Å². The molecule has 2 nitrogen and oxygen atoms in total. The van der Waals surface area contributed by atoms with Crippen LogP contribution in [0.1, 0.15) is 28.3 Å². The Morgan fingerprint density at radius 1 is 1.25 bits per heavy atom. The third-order valence-corrected chi connectivity index (χ3v) is 3.90. The van der Waals surface area contributed by atoms with Gasteiger partial charge in [-0.05, 0) is 39.7 Å². The second-order valence-corrected chi connectivity index (χ2v) is 5.60. The minimum absolute atomic E-state index is 0.0821. The summed E-state index contributed by atoms with van der Waals surface area (Å²) in [4.78, 5) is 12.6. The van der Waals surface area contributed by atoms with Crippen LogP contribution in [0.4, 0.5) is 0 Å². The van der Waals surface area contributed by atoms with Crippen LogP contribution in [-0.2, 0) is 0 Å². The predicted molar refractivity (Wildman–Crippen MR) is 82.9 cm³/mol. The normalized spacial score (nSPS) is 11.7. The molecule has 0 radical (unpaired) electrons. The summed E-state index contributed by atoms with van der Waals surface area (Å²) in [6.07, 6.45) is 0.151. The molecule has 2 aromatic carbocycles. The molecule has 0 aliphatic rings. The van der Waals surface area contributed by atoms with E-state index in [-0.39, 0.29) is 12.2 Å². The smallest absolute Gasteiger partial charge is 0.172 e. The molecule has 0 heterocycles. The van der Waals surface area contributed by atoms with Gasteiger partial charge < -0.3 is 0 Å². The Balaban J connectivity index is 2.40. The maximum atomic E-state index is 12.6. The van der Waals surface area contributed by atoms with Crippen LogP contribution in [0.25, 0.3) is 0 Å². The van der Waals surface area contributed by atoms with Gasteiger partial charge in [0.2, 0.25) is 0 Å².